The van der Waals surface area contributed by atoms with E-state index in [0.717, 1.165) is 49.9 Å². The first-order valence-electron chi connectivity index (χ1n) is 10.6. The van der Waals surface area contributed by atoms with E-state index in [9.17, 15) is 4.79 Å². The number of hydrogen-bond donors (Lipinski definition) is 0. The molecule has 1 aliphatic rings. The number of piperidine rings is 1. The van der Waals surface area contributed by atoms with Crippen molar-refractivity contribution in [3.05, 3.63) is 64.1 Å². The molecule has 158 valence electrons. The Morgan fingerprint density at radius 3 is 2.83 bits per heavy atom. The van der Waals surface area contributed by atoms with Crippen molar-refractivity contribution in [2.45, 2.75) is 44.3 Å². The van der Waals surface area contributed by atoms with Crippen molar-refractivity contribution < 1.29 is 4.79 Å². The second-order valence-corrected chi connectivity index (χ2v) is 9.89. The summed E-state index contributed by atoms with van der Waals surface area (Å²) in [4.78, 5) is 16.0. The highest BCUT2D eigenvalue weighted by Crippen LogP contribution is 2.23. The van der Waals surface area contributed by atoms with Crippen LogP contribution in [0, 0.1) is 5.92 Å². The summed E-state index contributed by atoms with van der Waals surface area (Å²) in [6, 6.07) is 14.7. The van der Waals surface area contributed by atoms with E-state index < -0.39 is 0 Å². The number of rotatable bonds is 8. The van der Waals surface area contributed by atoms with Crippen LogP contribution in [0.1, 0.15) is 36.0 Å². The lowest BCUT2D eigenvalue weighted by Gasteiger charge is -2.30. The van der Waals surface area contributed by atoms with Gasteiger partial charge in [-0.1, -0.05) is 55.1 Å². The zero-order valence-electron chi connectivity index (χ0n) is 17.4. The van der Waals surface area contributed by atoms with Crippen molar-refractivity contribution in [3.8, 4) is 0 Å². The normalized spacial score (nSPS) is 16.7. The van der Waals surface area contributed by atoms with Gasteiger partial charge in [-0.3, -0.25) is 4.79 Å². The van der Waals surface area contributed by atoms with Gasteiger partial charge in [0.15, 0.2) is 5.16 Å². The molecule has 0 radical (unpaired) electrons. The quantitative estimate of drug-likeness (QED) is 0.483. The molecule has 0 N–H and O–H groups in total. The minimum atomic E-state index is 0.212. The van der Waals surface area contributed by atoms with Crippen molar-refractivity contribution >= 4 is 29.0 Å². The minimum absolute atomic E-state index is 0.212. The maximum atomic E-state index is 12.7. The van der Waals surface area contributed by atoms with Gasteiger partial charge in [0.25, 0.3) is 0 Å². The molecule has 3 aromatic rings. The largest absolute Gasteiger partial charge is 0.342 e. The average molecular weight is 441 g/mol. The van der Waals surface area contributed by atoms with Crippen LogP contribution in [-0.2, 0) is 24.2 Å². The maximum Gasteiger partial charge on any atom is 0.233 e. The molecule has 1 atom stereocenters. The highest BCUT2D eigenvalue weighted by molar-refractivity contribution is 7.99. The summed E-state index contributed by atoms with van der Waals surface area (Å²) in [6.45, 7) is 4.80. The van der Waals surface area contributed by atoms with E-state index in [4.69, 9.17) is 0 Å². The summed E-state index contributed by atoms with van der Waals surface area (Å²) in [7, 11) is 0. The van der Waals surface area contributed by atoms with Gasteiger partial charge in [-0.05, 0) is 42.2 Å². The molecular formula is C23H28N4OS2. The number of carbonyl (C=O) groups excluding carboxylic acids is 1. The van der Waals surface area contributed by atoms with Gasteiger partial charge < -0.3 is 9.47 Å². The Hall–Kier alpha value is -2.12. The van der Waals surface area contributed by atoms with E-state index in [0.29, 0.717) is 11.7 Å². The Morgan fingerprint density at radius 1 is 1.20 bits per heavy atom. The molecule has 0 bridgehead atoms. The summed E-state index contributed by atoms with van der Waals surface area (Å²) < 4.78 is 2.20. The summed E-state index contributed by atoms with van der Waals surface area (Å²) >= 11 is 3.26. The topological polar surface area (TPSA) is 51.0 Å². The monoisotopic (exact) mass is 440 g/mol. The van der Waals surface area contributed by atoms with Crippen LogP contribution in [0.15, 0.2) is 53.0 Å². The van der Waals surface area contributed by atoms with E-state index in [1.807, 2.05) is 11.0 Å². The smallest absolute Gasteiger partial charge is 0.233 e. The lowest BCUT2D eigenvalue weighted by atomic mass is 10.0. The third kappa shape index (κ3) is 5.52. The first-order chi connectivity index (χ1) is 14.7. The van der Waals surface area contributed by atoms with Gasteiger partial charge >= 0.3 is 0 Å². The second-order valence-electron chi connectivity index (χ2n) is 7.92. The number of amides is 1. The molecule has 1 aliphatic heterocycles. The van der Waals surface area contributed by atoms with Gasteiger partial charge in [0, 0.05) is 30.9 Å². The minimum Gasteiger partial charge on any atom is -0.342 e. The molecule has 1 amide bonds. The van der Waals surface area contributed by atoms with Gasteiger partial charge in [0.2, 0.25) is 5.91 Å². The number of thioether (sulfide) groups is 1. The Kier molecular flexibility index (Phi) is 7.23. The Morgan fingerprint density at radius 2 is 2.07 bits per heavy atom. The van der Waals surface area contributed by atoms with E-state index in [1.54, 1.807) is 11.3 Å². The lowest BCUT2D eigenvalue weighted by Crippen LogP contribution is -2.40. The van der Waals surface area contributed by atoms with Crippen molar-refractivity contribution in [1.82, 2.24) is 19.7 Å². The number of hydrogen-bond acceptors (Lipinski definition) is 5. The third-order valence-corrected chi connectivity index (χ3v) is 7.34. The predicted octanol–water partition coefficient (Wildman–Crippen LogP) is 4.52. The Balaban J connectivity index is 1.45. The number of aryl methyl sites for hydroxylation is 1. The fraction of sp³-hybridized carbons (Fsp3) is 0.435. The van der Waals surface area contributed by atoms with Crippen LogP contribution in [0.5, 0.6) is 0 Å². The molecule has 1 saturated heterocycles. The summed E-state index contributed by atoms with van der Waals surface area (Å²) in [5.74, 6) is 2.20. The number of benzene rings is 1. The van der Waals surface area contributed by atoms with Crippen molar-refractivity contribution in [3.63, 3.8) is 0 Å². The van der Waals surface area contributed by atoms with Gasteiger partial charge in [-0.15, -0.1) is 21.5 Å². The molecule has 3 heterocycles. The van der Waals surface area contributed by atoms with Crippen LogP contribution >= 0.6 is 23.1 Å². The van der Waals surface area contributed by atoms with Gasteiger partial charge in [0.1, 0.15) is 5.82 Å². The standard InChI is InChI=1S/C23H28N4OS2/c1-18-7-5-12-26(16-18)22(28)17-30-23-25-24-21(15-20-10-6-14-29-20)27(23)13-11-19-8-3-2-4-9-19/h2-4,6,8-10,14,18H,5,7,11-13,15-17H2,1H3. The van der Waals surface area contributed by atoms with E-state index in [1.165, 1.54) is 28.6 Å². The molecule has 7 heteroatoms. The molecule has 30 heavy (non-hydrogen) atoms. The Labute approximate surface area is 186 Å². The maximum absolute atomic E-state index is 12.7. The van der Waals surface area contributed by atoms with Crippen molar-refractivity contribution in [2.75, 3.05) is 18.8 Å². The average Bonchev–Trinajstić information content (AvgIpc) is 3.41. The molecular weight excluding hydrogens is 412 g/mol. The molecule has 0 spiro atoms. The summed E-state index contributed by atoms with van der Waals surface area (Å²) in [6.07, 6.45) is 4.02. The number of nitrogens with zero attached hydrogens (tertiary/aromatic N) is 4. The Bertz CT molecular complexity index is 940. The molecule has 1 unspecified atom stereocenters. The number of thiophene rings is 1. The summed E-state index contributed by atoms with van der Waals surface area (Å²) in [5.41, 5.74) is 1.29. The highest BCUT2D eigenvalue weighted by atomic mass is 32.2. The van der Waals surface area contributed by atoms with Crippen LogP contribution in [0.3, 0.4) is 0 Å². The number of likely N-dealkylation sites (tertiary alicyclic amines) is 1. The lowest BCUT2D eigenvalue weighted by molar-refractivity contribution is -0.130. The van der Waals surface area contributed by atoms with Crippen LogP contribution in [-0.4, -0.2) is 44.4 Å². The molecule has 1 aromatic carbocycles. The van der Waals surface area contributed by atoms with Gasteiger partial charge in [-0.25, -0.2) is 0 Å². The van der Waals surface area contributed by atoms with E-state index in [-0.39, 0.29) is 5.91 Å². The second kappa shape index (κ2) is 10.3. The molecule has 1 fully saturated rings. The molecule has 0 aliphatic carbocycles. The van der Waals surface area contributed by atoms with Crippen LogP contribution in [0.4, 0.5) is 0 Å². The zero-order chi connectivity index (χ0) is 20.8. The number of aromatic nitrogens is 3. The van der Waals surface area contributed by atoms with Crippen LogP contribution in [0.2, 0.25) is 0 Å². The van der Waals surface area contributed by atoms with Crippen molar-refractivity contribution in [1.29, 1.82) is 0 Å². The molecule has 2 aromatic heterocycles. The van der Waals surface area contributed by atoms with E-state index >= 15 is 0 Å². The summed E-state index contributed by atoms with van der Waals surface area (Å²) in [5, 5.41) is 11.9. The molecule has 0 saturated carbocycles. The first kappa shape index (κ1) is 21.1. The van der Waals surface area contributed by atoms with E-state index in [2.05, 4.69) is 63.5 Å². The fourth-order valence-corrected chi connectivity index (χ4v) is 5.46. The fourth-order valence-electron chi connectivity index (χ4n) is 3.87. The SMILES string of the molecule is CC1CCCN(C(=O)CSc2nnc(Cc3cccs3)n2CCc2ccccc2)C1. The van der Waals surface area contributed by atoms with Crippen LogP contribution < -0.4 is 0 Å². The zero-order valence-corrected chi connectivity index (χ0v) is 19.0. The van der Waals surface area contributed by atoms with Gasteiger partial charge in [-0.2, -0.15) is 0 Å². The third-order valence-electron chi connectivity index (χ3n) is 5.51. The highest BCUT2D eigenvalue weighted by Gasteiger charge is 2.22. The van der Waals surface area contributed by atoms with Crippen LogP contribution in [0.25, 0.3) is 0 Å². The molecule has 4 rings (SSSR count). The van der Waals surface area contributed by atoms with Gasteiger partial charge in [0.05, 0.1) is 5.75 Å². The number of carbonyl (C=O) groups is 1. The predicted molar refractivity (Wildman–Crippen MR) is 123 cm³/mol. The van der Waals surface area contributed by atoms with Crippen molar-refractivity contribution in [2.24, 2.45) is 5.92 Å². The first-order valence-corrected chi connectivity index (χ1v) is 12.4. The molecule has 5 nitrogen and oxygen atoms in total.